The van der Waals surface area contributed by atoms with E-state index in [9.17, 15) is 9.59 Å². The molecule has 0 radical (unpaired) electrons. The molecule has 126 valence electrons. The van der Waals surface area contributed by atoms with Crippen molar-refractivity contribution in [3.8, 4) is 0 Å². The number of nitrogens with one attached hydrogen (secondary N) is 3. The molecule has 6 heteroatoms. The summed E-state index contributed by atoms with van der Waals surface area (Å²) >= 11 is 0. The van der Waals surface area contributed by atoms with Crippen molar-refractivity contribution in [1.29, 1.82) is 0 Å². The van der Waals surface area contributed by atoms with Gasteiger partial charge < -0.3 is 10.3 Å². The zero-order valence-corrected chi connectivity index (χ0v) is 13.7. The van der Waals surface area contributed by atoms with E-state index < -0.39 is 0 Å². The van der Waals surface area contributed by atoms with Crippen LogP contribution in [0.15, 0.2) is 59.8 Å². The fourth-order valence-corrected chi connectivity index (χ4v) is 2.52. The molecule has 0 spiro atoms. The molecule has 0 saturated carbocycles. The molecule has 2 aromatic carbocycles. The quantitative estimate of drug-likeness (QED) is 0.495. The minimum absolute atomic E-state index is 0.119. The minimum atomic E-state index is -0.184. The van der Waals surface area contributed by atoms with Crippen molar-refractivity contribution in [2.24, 2.45) is 5.10 Å². The molecular weight excluding hydrogens is 316 g/mol. The average Bonchev–Trinajstić information content (AvgIpc) is 2.99. The topological polar surface area (TPSA) is 86.3 Å². The molecule has 0 aliphatic carbocycles. The van der Waals surface area contributed by atoms with E-state index >= 15 is 0 Å². The number of aromatic nitrogens is 1. The summed E-state index contributed by atoms with van der Waals surface area (Å²) in [6.45, 7) is 1.46. The lowest BCUT2D eigenvalue weighted by Crippen LogP contribution is -2.19. The van der Waals surface area contributed by atoms with Crippen LogP contribution in [0.1, 0.15) is 18.1 Å². The highest BCUT2D eigenvalue weighted by Crippen LogP contribution is 2.17. The third kappa shape index (κ3) is 4.32. The van der Waals surface area contributed by atoms with E-state index in [-0.39, 0.29) is 18.2 Å². The second-order valence-electron chi connectivity index (χ2n) is 5.63. The summed E-state index contributed by atoms with van der Waals surface area (Å²) in [6, 6.07) is 15.0. The van der Waals surface area contributed by atoms with Crippen molar-refractivity contribution in [3.63, 3.8) is 0 Å². The Balaban J connectivity index is 1.56. The van der Waals surface area contributed by atoms with Crippen molar-refractivity contribution in [3.05, 3.63) is 65.9 Å². The number of fused-ring (bicyclic) bond motifs is 1. The molecule has 1 aromatic heterocycles. The molecule has 0 bridgehead atoms. The van der Waals surface area contributed by atoms with Crippen molar-refractivity contribution in [1.82, 2.24) is 10.4 Å². The number of anilines is 1. The van der Waals surface area contributed by atoms with E-state index in [1.807, 2.05) is 30.5 Å². The van der Waals surface area contributed by atoms with E-state index in [1.165, 1.54) is 6.92 Å². The van der Waals surface area contributed by atoms with Crippen molar-refractivity contribution < 1.29 is 9.59 Å². The summed E-state index contributed by atoms with van der Waals surface area (Å²) < 4.78 is 0. The van der Waals surface area contributed by atoms with Gasteiger partial charge in [0.2, 0.25) is 11.8 Å². The van der Waals surface area contributed by atoms with Gasteiger partial charge in [0.05, 0.1) is 12.6 Å². The fraction of sp³-hybridized carbons (Fsp3) is 0.105. The summed E-state index contributed by atoms with van der Waals surface area (Å²) in [6.07, 6.45) is 3.65. The fourth-order valence-electron chi connectivity index (χ4n) is 2.52. The molecule has 0 atom stereocenters. The van der Waals surface area contributed by atoms with Crippen LogP contribution in [0.4, 0.5) is 5.69 Å². The maximum atomic E-state index is 12.0. The van der Waals surface area contributed by atoms with Gasteiger partial charge in [-0.2, -0.15) is 5.10 Å². The molecule has 0 unspecified atom stereocenters. The Labute approximate surface area is 144 Å². The maximum absolute atomic E-state index is 12.0. The van der Waals surface area contributed by atoms with Crippen LogP contribution < -0.4 is 10.7 Å². The number of H-pyrrole nitrogens is 1. The highest BCUT2D eigenvalue weighted by Gasteiger charge is 2.07. The molecule has 3 aromatic rings. The molecule has 3 N–H and O–H groups in total. The summed E-state index contributed by atoms with van der Waals surface area (Å²) in [5.41, 5.74) is 6.01. The number of amides is 2. The largest absolute Gasteiger partial charge is 0.361 e. The first-order valence-electron chi connectivity index (χ1n) is 7.86. The molecule has 0 saturated heterocycles. The number of nitrogens with zero attached hydrogens (tertiary/aromatic N) is 1. The lowest BCUT2D eigenvalue weighted by atomic mass is 10.1. The number of rotatable bonds is 5. The number of hydrazone groups is 1. The Hall–Kier alpha value is -3.41. The zero-order valence-electron chi connectivity index (χ0n) is 13.7. The molecule has 25 heavy (non-hydrogen) atoms. The van der Waals surface area contributed by atoms with Gasteiger partial charge in [0, 0.05) is 29.7 Å². The standard InChI is InChI=1S/C19H18N4O2/c1-13(24)22-16-8-6-14(7-9-16)11-21-23-19(25)10-15-12-20-18-5-3-2-4-17(15)18/h2-9,11-12,20H,10H2,1H3,(H,22,24)(H,23,25)/b21-11+. The molecule has 0 fully saturated rings. The molecule has 3 rings (SSSR count). The van der Waals surface area contributed by atoms with E-state index in [2.05, 4.69) is 20.8 Å². The first-order chi connectivity index (χ1) is 12.1. The number of hydrogen-bond acceptors (Lipinski definition) is 3. The van der Waals surface area contributed by atoms with Gasteiger partial charge in [-0.1, -0.05) is 30.3 Å². The van der Waals surface area contributed by atoms with E-state index in [1.54, 1.807) is 30.5 Å². The maximum Gasteiger partial charge on any atom is 0.244 e. The summed E-state index contributed by atoms with van der Waals surface area (Å²) in [5, 5.41) is 7.70. The molecule has 1 heterocycles. The number of aromatic amines is 1. The number of hydrogen-bond donors (Lipinski definition) is 3. The summed E-state index contributed by atoms with van der Waals surface area (Å²) in [5.74, 6) is -0.304. The van der Waals surface area contributed by atoms with Gasteiger partial charge >= 0.3 is 0 Å². The second kappa shape index (κ2) is 7.44. The number of benzene rings is 2. The van der Waals surface area contributed by atoms with Crippen molar-refractivity contribution >= 4 is 34.6 Å². The predicted octanol–water partition coefficient (Wildman–Crippen LogP) is 2.82. The highest BCUT2D eigenvalue weighted by atomic mass is 16.2. The van der Waals surface area contributed by atoms with Crippen LogP contribution in [-0.4, -0.2) is 23.0 Å². The number of para-hydroxylation sites is 1. The van der Waals surface area contributed by atoms with Crippen LogP contribution in [0.25, 0.3) is 10.9 Å². The average molecular weight is 334 g/mol. The Morgan fingerprint density at radius 3 is 2.64 bits per heavy atom. The van der Waals surface area contributed by atoms with Crippen molar-refractivity contribution in [2.75, 3.05) is 5.32 Å². The van der Waals surface area contributed by atoms with Gasteiger partial charge in [0.15, 0.2) is 0 Å². The molecule has 2 amide bonds. The van der Waals surface area contributed by atoms with Crippen LogP contribution in [0, 0.1) is 0 Å². The predicted molar refractivity (Wildman–Crippen MR) is 98.5 cm³/mol. The summed E-state index contributed by atoms with van der Waals surface area (Å²) in [4.78, 5) is 26.1. The van der Waals surface area contributed by atoms with Gasteiger partial charge in [-0.05, 0) is 29.3 Å². The molecular formula is C19H18N4O2. The van der Waals surface area contributed by atoms with Crippen molar-refractivity contribution in [2.45, 2.75) is 13.3 Å². The zero-order chi connectivity index (χ0) is 17.6. The SMILES string of the molecule is CC(=O)Nc1ccc(/C=N/NC(=O)Cc2c[nH]c3ccccc23)cc1. The molecule has 0 aliphatic heterocycles. The van der Waals surface area contributed by atoms with E-state index in [0.717, 1.165) is 22.0 Å². The lowest BCUT2D eigenvalue weighted by molar-refractivity contribution is -0.120. The van der Waals surface area contributed by atoms with Gasteiger partial charge in [-0.25, -0.2) is 5.43 Å². The van der Waals surface area contributed by atoms with Gasteiger partial charge in [0.25, 0.3) is 0 Å². The van der Waals surface area contributed by atoms with Crippen LogP contribution >= 0.6 is 0 Å². The third-order valence-electron chi connectivity index (χ3n) is 3.66. The van der Waals surface area contributed by atoms with Crippen LogP contribution in [0.2, 0.25) is 0 Å². The molecule has 6 nitrogen and oxygen atoms in total. The second-order valence-corrected chi connectivity index (χ2v) is 5.63. The first-order valence-corrected chi connectivity index (χ1v) is 7.86. The Kier molecular flexibility index (Phi) is 4.89. The van der Waals surface area contributed by atoms with Crippen LogP contribution in [0.5, 0.6) is 0 Å². The Bertz CT molecular complexity index is 926. The van der Waals surface area contributed by atoms with E-state index in [0.29, 0.717) is 5.69 Å². The Morgan fingerprint density at radius 1 is 1.12 bits per heavy atom. The normalized spacial score (nSPS) is 10.9. The smallest absolute Gasteiger partial charge is 0.244 e. The number of carbonyl (C=O) groups is 2. The Morgan fingerprint density at radius 2 is 1.88 bits per heavy atom. The van der Waals surface area contributed by atoms with E-state index in [4.69, 9.17) is 0 Å². The monoisotopic (exact) mass is 334 g/mol. The van der Waals surface area contributed by atoms with Gasteiger partial charge in [-0.15, -0.1) is 0 Å². The summed E-state index contributed by atoms with van der Waals surface area (Å²) in [7, 11) is 0. The lowest BCUT2D eigenvalue weighted by Gasteiger charge is -2.02. The first kappa shape index (κ1) is 16.4. The van der Waals surface area contributed by atoms with Gasteiger partial charge in [-0.3, -0.25) is 9.59 Å². The van der Waals surface area contributed by atoms with Crippen LogP contribution in [-0.2, 0) is 16.0 Å². The molecule has 0 aliphatic rings. The highest BCUT2D eigenvalue weighted by molar-refractivity contribution is 5.90. The van der Waals surface area contributed by atoms with Gasteiger partial charge in [0.1, 0.15) is 0 Å². The minimum Gasteiger partial charge on any atom is -0.361 e. The number of carbonyl (C=O) groups excluding carboxylic acids is 2. The van der Waals surface area contributed by atoms with Crippen LogP contribution in [0.3, 0.4) is 0 Å². The third-order valence-corrected chi connectivity index (χ3v) is 3.66.